The van der Waals surface area contributed by atoms with Gasteiger partial charge >= 0.3 is 0 Å². The Balaban J connectivity index is 1.69. The number of rotatable bonds is 7. The summed E-state index contributed by atoms with van der Waals surface area (Å²) in [4.78, 5) is 28.5. The van der Waals surface area contributed by atoms with Crippen molar-refractivity contribution in [1.29, 1.82) is 0 Å². The van der Waals surface area contributed by atoms with E-state index in [1.165, 1.54) is 0 Å². The molecule has 0 aliphatic carbocycles. The Morgan fingerprint density at radius 2 is 1.83 bits per heavy atom. The van der Waals surface area contributed by atoms with Crippen molar-refractivity contribution in [3.8, 4) is 0 Å². The Hall–Kier alpha value is -1.88. The molecule has 2 amide bonds. The zero-order valence-corrected chi connectivity index (χ0v) is 14.8. The van der Waals surface area contributed by atoms with Crippen LogP contribution in [0.3, 0.4) is 0 Å². The van der Waals surface area contributed by atoms with Crippen molar-refractivity contribution in [3.63, 3.8) is 0 Å². The van der Waals surface area contributed by atoms with E-state index in [9.17, 15) is 9.59 Å². The number of hydrogen-bond acceptors (Lipinski definition) is 3. The molecule has 1 aliphatic rings. The minimum absolute atomic E-state index is 0.0464. The van der Waals surface area contributed by atoms with Crippen LogP contribution in [0.25, 0.3) is 0 Å². The Kier molecular flexibility index (Phi) is 7.25. The molecule has 0 spiro atoms. The van der Waals surface area contributed by atoms with Crippen LogP contribution in [0.4, 0.5) is 0 Å². The Morgan fingerprint density at radius 3 is 2.46 bits per heavy atom. The van der Waals surface area contributed by atoms with Gasteiger partial charge in [-0.25, -0.2) is 0 Å². The summed E-state index contributed by atoms with van der Waals surface area (Å²) in [6.45, 7) is 3.07. The van der Waals surface area contributed by atoms with E-state index in [4.69, 9.17) is 0 Å². The van der Waals surface area contributed by atoms with Gasteiger partial charge in [-0.3, -0.25) is 9.59 Å². The largest absolute Gasteiger partial charge is 0.356 e. The molecule has 0 saturated carbocycles. The molecule has 5 nitrogen and oxygen atoms in total. The van der Waals surface area contributed by atoms with Crippen LogP contribution in [0.2, 0.25) is 0 Å². The van der Waals surface area contributed by atoms with Crippen LogP contribution in [0, 0.1) is 5.92 Å². The number of piperidine rings is 1. The van der Waals surface area contributed by atoms with Crippen LogP contribution in [0.1, 0.15) is 24.8 Å². The maximum atomic E-state index is 12.3. The molecule has 5 heteroatoms. The number of likely N-dealkylation sites (tertiary alicyclic amines) is 1. The van der Waals surface area contributed by atoms with Crippen LogP contribution >= 0.6 is 0 Å². The number of amides is 2. The summed E-state index contributed by atoms with van der Waals surface area (Å²) in [7, 11) is 4.06. The molecule has 24 heavy (non-hydrogen) atoms. The molecule has 1 aromatic carbocycles. The normalized spacial score (nSPS) is 15.5. The summed E-state index contributed by atoms with van der Waals surface area (Å²) in [5.74, 6) is 0.347. The van der Waals surface area contributed by atoms with Gasteiger partial charge in [-0.1, -0.05) is 30.3 Å². The summed E-state index contributed by atoms with van der Waals surface area (Å²) in [6.07, 6.45) is 2.94. The molecule has 0 aromatic heterocycles. The molecule has 0 radical (unpaired) electrons. The lowest BCUT2D eigenvalue weighted by atomic mass is 9.95. The summed E-state index contributed by atoms with van der Waals surface area (Å²) in [6, 6.07) is 9.82. The van der Waals surface area contributed by atoms with Crippen LogP contribution in [0.5, 0.6) is 0 Å². The molecule has 0 atom stereocenters. The maximum absolute atomic E-state index is 12.3. The molecule has 1 fully saturated rings. The molecular formula is C19H29N3O2. The van der Waals surface area contributed by atoms with Gasteiger partial charge in [0, 0.05) is 25.6 Å². The predicted molar refractivity (Wildman–Crippen MR) is 95.6 cm³/mol. The van der Waals surface area contributed by atoms with E-state index in [1.807, 2.05) is 49.3 Å². The SMILES string of the molecule is CN(C)CCCNC(=O)C1CCN(C(=O)Cc2ccccc2)CC1. The van der Waals surface area contributed by atoms with Crippen molar-refractivity contribution in [2.24, 2.45) is 5.92 Å². The highest BCUT2D eigenvalue weighted by molar-refractivity contribution is 5.81. The summed E-state index contributed by atoms with van der Waals surface area (Å²) >= 11 is 0. The van der Waals surface area contributed by atoms with Crippen LogP contribution in [-0.4, -0.2) is 61.9 Å². The standard InChI is InChI=1S/C19H29N3O2/c1-21(2)12-6-11-20-19(24)17-9-13-22(14-10-17)18(23)15-16-7-4-3-5-8-16/h3-5,7-8,17H,6,9-15H2,1-2H3,(H,20,24). The zero-order valence-electron chi connectivity index (χ0n) is 14.8. The minimum atomic E-state index is 0.0464. The number of hydrogen-bond donors (Lipinski definition) is 1. The third-order valence-electron chi connectivity index (χ3n) is 4.50. The zero-order chi connectivity index (χ0) is 17.4. The third kappa shape index (κ3) is 5.96. The molecule has 1 aromatic rings. The van der Waals surface area contributed by atoms with Gasteiger partial charge in [0.2, 0.25) is 11.8 Å². The van der Waals surface area contributed by atoms with Gasteiger partial charge in [-0.15, -0.1) is 0 Å². The summed E-state index contributed by atoms with van der Waals surface area (Å²) in [5, 5.41) is 3.02. The molecule has 2 rings (SSSR count). The van der Waals surface area contributed by atoms with Crippen molar-refractivity contribution in [3.05, 3.63) is 35.9 Å². The summed E-state index contributed by atoms with van der Waals surface area (Å²) in [5.41, 5.74) is 1.04. The van der Waals surface area contributed by atoms with Gasteiger partial charge in [-0.05, 0) is 45.5 Å². The fraction of sp³-hybridized carbons (Fsp3) is 0.579. The van der Waals surface area contributed by atoms with Crippen molar-refractivity contribution < 1.29 is 9.59 Å². The van der Waals surface area contributed by atoms with Gasteiger partial charge in [-0.2, -0.15) is 0 Å². The minimum Gasteiger partial charge on any atom is -0.356 e. The van der Waals surface area contributed by atoms with Gasteiger partial charge in [0.15, 0.2) is 0 Å². The monoisotopic (exact) mass is 331 g/mol. The Morgan fingerprint density at radius 1 is 1.17 bits per heavy atom. The molecule has 0 bridgehead atoms. The number of benzene rings is 1. The first kappa shape index (κ1) is 18.5. The molecule has 1 heterocycles. The number of carbonyl (C=O) groups excluding carboxylic acids is 2. The van der Waals surface area contributed by atoms with Crippen LogP contribution in [0.15, 0.2) is 30.3 Å². The lowest BCUT2D eigenvalue weighted by molar-refractivity contribution is -0.135. The fourth-order valence-electron chi connectivity index (χ4n) is 3.02. The highest BCUT2D eigenvalue weighted by Crippen LogP contribution is 2.18. The smallest absolute Gasteiger partial charge is 0.226 e. The molecule has 1 N–H and O–H groups in total. The van der Waals surface area contributed by atoms with E-state index in [0.717, 1.165) is 37.9 Å². The number of nitrogens with one attached hydrogen (secondary N) is 1. The summed E-state index contributed by atoms with van der Waals surface area (Å²) < 4.78 is 0. The van der Waals surface area contributed by atoms with E-state index in [2.05, 4.69) is 10.2 Å². The van der Waals surface area contributed by atoms with E-state index < -0.39 is 0 Å². The maximum Gasteiger partial charge on any atom is 0.226 e. The quantitative estimate of drug-likeness (QED) is 0.771. The first-order valence-corrected chi connectivity index (χ1v) is 8.80. The lowest BCUT2D eigenvalue weighted by Crippen LogP contribution is -2.43. The third-order valence-corrected chi connectivity index (χ3v) is 4.50. The van der Waals surface area contributed by atoms with E-state index in [0.29, 0.717) is 19.5 Å². The average Bonchev–Trinajstić information content (AvgIpc) is 2.59. The molecule has 1 saturated heterocycles. The fourth-order valence-corrected chi connectivity index (χ4v) is 3.02. The second-order valence-corrected chi connectivity index (χ2v) is 6.77. The Bertz CT molecular complexity index is 523. The second kappa shape index (κ2) is 9.42. The average molecular weight is 331 g/mol. The molecule has 0 unspecified atom stereocenters. The van der Waals surface area contributed by atoms with Crippen molar-refractivity contribution >= 4 is 11.8 Å². The van der Waals surface area contributed by atoms with Crippen LogP contribution in [-0.2, 0) is 16.0 Å². The van der Waals surface area contributed by atoms with Gasteiger partial charge < -0.3 is 15.1 Å². The van der Waals surface area contributed by atoms with Crippen LogP contribution < -0.4 is 5.32 Å². The highest BCUT2D eigenvalue weighted by atomic mass is 16.2. The van der Waals surface area contributed by atoms with E-state index in [-0.39, 0.29) is 17.7 Å². The first-order chi connectivity index (χ1) is 11.6. The second-order valence-electron chi connectivity index (χ2n) is 6.77. The molecular weight excluding hydrogens is 302 g/mol. The molecule has 1 aliphatic heterocycles. The van der Waals surface area contributed by atoms with Crippen molar-refractivity contribution in [1.82, 2.24) is 15.1 Å². The number of carbonyl (C=O) groups is 2. The van der Waals surface area contributed by atoms with Gasteiger partial charge in [0.1, 0.15) is 0 Å². The van der Waals surface area contributed by atoms with E-state index >= 15 is 0 Å². The van der Waals surface area contributed by atoms with Crippen molar-refractivity contribution in [2.45, 2.75) is 25.7 Å². The highest BCUT2D eigenvalue weighted by Gasteiger charge is 2.26. The van der Waals surface area contributed by atoms with E-state index in [1.54, 1.807) is 0 Å². The first-order valence-electron chi connectivity index (χ1n) is 8.80. The predicted octanol–water partition coefficient (Wildman–Crippen LogP) is 1.54. The van der Waals surface area contributed by atoms with Crippen molar-refractivity contribution in [2.75, 3.05) is 40.3 Å². The molecule has 132 valence electrons. The number of nitrogens with zero attached hydrogens (tertiary/aromatic N) is 2. The Labute approximate surface area is 145 Å². The lowest BCUT2D eigenvalue weighted by Gasteiger charge is -2.31. The topological polar surface area (TPSA) is 52.7 Å². The van der Waals surface area contributed by atoms with Gasteiger partial charge in [0.05, 0.1) is 6.42 Å². The van der Waals surface area contributed by atoms with Gasteiger partial charge in [0.25, 0.3) is 0 Å².